The summed E-state index contributed by atoms with van der Waals surface area (Å²) in [6.45, 7) is 5.73. The summed E-state index contributed by atoms with van der Waals surface area (Å²) >= 11 is 1.47. The van der Waals surface area contributed by atoms with Crippen LogP contribution in [0.2, 0.25) is 0 Å². The lowest BCUT2D eigenvalue weighted by Crippen LogP contribution is -2.30. The van der Waals surface area contributed by atoms with Crippen LogP contribution in [-0.2, 0) is 4.79 Å². The van der Waals surface area contributed by atoms with Gasteiger partial charge >= 0.3 is 0 Å². The predicted octanol–water partition coefficient (Wildman–Crippen LogP) is 4.32. The largest absolute Gasteiger partial charge is 0.481 e. The first-order valence-electron chi connectivity index (χ1n) is 7.43. The highest BCUT2D eigenvalue weighted by molar-refractivity contribution is 7.22. The molecule has 0 saturated heterocycles. The van der Waals surface area contributed by atoms with E-state index in [0.717, 1.165) is 21.5 Å². The maximum Gasteiger partial charge on any atom is 0.266 e. The average molecular weight is 326 g/mol. The normalized spacial score (nSPS) is 12.1. The van der Waals surface area contributed by atoms with Crippen molar-refractivity contribution in [3.8, 4) is 5.75 Å². The highest BCUT2D eigenvalue weighted by Crippen LogP contribution is 2.27. The zero-order chi connectivity index (χ0) is 16.4. The molecule has 0 saturated carbocycles. The Hall–Kier alpha value is -2.40. The third-order valence-electron chi connectivity index (χ3n) is 3.54. The highest BCUT2D eigenvalue weighted by Gasteiger charge is 2.17. The summed E-state index contributed by atoms with van der Waals surface area (Å²) in [5.41, 5.74) is 3.07. The molecule has 1 N–H and O–H groups in total. The molecular formula is C18H18N2O2S. The number of para-hydroxylation sites is 1. The number of thiazole rings is 1. The number of carbonyl (C=O) groups excluding carboxylic acids is 1. The SMILES string of the molecule is Cc1ccc2nc(NC(=O)C(C)Oc3ccccc3C)sc2c1. The van der Waals surface area contributed by atoms with Gasteiger partial charge in [-0.3, -0.25) is 10.1 Å². The third-order valence-corrected chi connectivity index (χ3v) is 4.47. The van der Waals surface area contributed by atoms with Gasteiger partial charge in [0.05, 0.1) is 10.2 Å². The molecule has 0 aliphatic carbocycles. The molecule has 118 valence electrons. The van der Waals surface area contributed by atoms with Crippen LogP contribution in [0, 0.1) is 13.8 Å². The molecule has 1 aromatic heterocycles. The molecule has 1 heterocycles. The van der Waals surface area contributed by atoms with E-state index < -0.39 is 6.10 Å². The van der Waals surface area contributed by atoms with Gasteiger partial charge in [-0.05, 0) is 50.1 Å². The number of hydrogen-bond acceptors (Lipinski definition) is 4. The Bertz CT molecular complexity index is 857. The van der Waals surface area contributed by atoms with E-state index in [1.54, 1.807) is 6.92 Å². The van der Waals surface area contributed by atoms with Gasteiger partial charge in [-0.15, -0.1) is 0 Å². The second-order valence-electron chi connectivity index (χ2n) is 5.51. The molecule has 0 spiro atoms. The van der Waals surface area contributed by atoms with E-state index in [-0.39, 0.29) is 5.91 Å². The third kappa shape index (κ3) is 3.51. The molecule has 5 heteroatoms. The quantitative estimate of drug-likeness (QED) is 0.777. The van der Waals surface area contributed by atoms with Gasteiger partial charge in [-0.1, -0.05) is 35.6 Å². The Kier molecular flexibility index (Phi) is 4.30. The molecule has 1 unspecified atom stereocenters. The molecule has 0 bridgehead atoms. The van der Waals surface area contributed by atoms with Crippen LogP contribution in [0.1, 0.15) is 18.1 Å². The van der Waals surface area contributed by atoms with E-state index in [1.807, 2.05) is 50.2 Å². The number of amides is 1. The predicted molar refractivity (Wildman–Crippen MR) is 94.3 cm³/mol. The van der Waals surface area contributed by atoms with Crippen LogP contribution in [0.3, 0.4) is 0 Å². The monoisotopic (exact) mass is 326 g/mol. The molecule has 2 aromatic carbocycles. The lowest BCUT2D eigenvalue weighted by atomic mass is 10.2. The highest BCUT2D eigenvalue weighted by atomic mass is 32.1. The Labute approximate surface area is 139 Å². The minimum Gasteiger partial charge on any atom is -0.481 e. The number of ether oxygens (including phenoxy) is 1. The van der Waals surface area contributed by atoms with Gasteiger partial charge in [0.15, 0.2) is 11.2 Å². The summed E-state index contributed by atoms with van der Waals surface area (Å²) in [7, 11) is 0. The molecule has 1 amide bonds. The number of benzene rings is 2. The van der Waals surface area contributed by atoms with Crippen LogP contribution in [0.5, 0.6) is 5.75 Å². The Balaban J connectivity index is 1.71. The standard InChI is InChI=1S/C18H18N2O2S/c1-11-8-9-14-16(10-11)23-18(19-14)20-17(21)13(3)22-15-7-5-4-6-12(15)2/h4-10,13H,1-3H3,(H,19,20,21). The first kappa shape index (κ1) is 15.5. The van der Waals surface area contributed by atoms with E-state index in [0.29, 0.717) is 5.13 Å². The number of fused-ring (bicyclic) bond motifs is 1. The van der Waals surface area contributed by atoms with Crippen molar-refractivity contribution in [1.82, 2.24) is 4.98 Å². The zero-order valence-corrected chi connectivity index (χ0v) is 14.1. The Morgan fingerprint density at radius 2 is 2.00 bits per heavy atom. The van der Waals surface area contributed by atoms with Gasteiger partial charge in [0.1, 0.15) is 5.75 Å². The summed E-state index contributed by atoms with van der Waals surface area (Å²) in [6.07, 6.45) is -0.593. The molecule has 1 atom stereocenters. The van der Waals surface area contributed by atoms with Crippen LogP contribution in [-0.4, -0.2) is 17.0 Å². The van der Waals surface area contributed by atoms with Gasteiger partial charge in [-0.25, -0.2) is 4.98 Å². The minimum absolute atomic E-state index is 0.205. The fourth-order valence-corrected chi connectivity index (χ4v) is 3.19. The van der Waals surface area contributed by atoms with Gasteiger partial charge in [0.2, 0.25) is 0 Å². The molecule has 0 fully saturated rings. The molecule has 3 aromatic rings. The number of nitrogens with zero attached hydrogens (tertiary/aromatic N) is 1. The zero-order valence-electron chi connectivity index (χ0n) is 13.3. The van der Waals surface area contributed by atoms with Crippen molar-refractivity contribution in [2.45, 2.75) is 26.9 Å². The van der Waals surface area contributed by atoms with Crippen LogP contribution in [0.4, 0.5) is 5.13 Å². The maximum absolute atomic E-state index is 12.3. The molecule has 4 nitrogen and oxygen atoms in total. The molecule has 0 radical (unpaired) electrons. The maximum atomic E-state index is 12.3. The smallest absolute Gasteiger partial charge is 0.266 e. The van der Waals surface area contributed by atoms with Gasteiger partial charge in [0, 0.05) is 0 Å². The second-order valence-corrected chi connectivity index (χ2v) is 6.54. The molecule has 3 rings (SSSR count). The topological polar surface area (TPSA) is 51.2 Å². The average Bonchev–Trinajstić information content (AvgIpc) is 2.90. The fraction of sp³-hybridized carbons (Fsp3) is 0.222. The number of nitrogens with one attached hydrogen (secondary N) is 1. The number of aromatic nitrogens is 1. The fourth-order valence-electron chi connectivity index (χ4n) is 2.22. The van der Waals surface area contributed by atoms with Crippen molar-refractivity contribution in [1.29, 1.82) is 0 Å². The Morgan fingerprint density at radius 3 is 2.78 bits per heavy atom. The molecule has 23 heavy (non-hydrogen) atoms. The first-order valence-corrected chi connectivity index (χ1v) is 8.25. The summed E-state index contributed by atoms with van der Waals surface area (Å²) in [5, 5.41) is 3.43. The van der Waals surface area contributed by atoms with Crippen molar-refractivity contribution in [3.63, 3.8) is 0 Å². The number of anilines is 1. The summed E-state index contributed by atoms with van der Waals surface area (Å²) in [4.78, 5) is 16.7. The lowest BCUT2D eigenvalue weighted by Gasteiger charge is -2.15. The van der Waals surface area contributed by atoms with E-state index in [9.17, 15) is 4.79 Å². The van der Waals surface area contributed by atoms with E-state index in [2.05, 4.69) is 16.4 Å². The van der Waals surface area contributed by atoms with E-state index in [1.165, 1.54) is 16.9 Å². The van der Waals surface area contributed by atoms with E-state index >= 15 is 0 Å². The summed E-state index contributed by atoms with van der Waals surface area (Å²) in [5.74, 6) is 0.513. The number of rotatable bonds is 4. The lowest BCUT2D eigenvalue weighted by molar-refractivity contribution is -0.122. The van der Waals surface area contributed by atoms with Crippen molar-refractivity contribution < 1.29 is 9.53 Å². The molecule has 0 aliphatic rings. The van der Waals surface area contributed by atoms with Crippen LogP contribution in [0.25, 0.3) is 10.2 Å². The Morgan fingerprint density at radius 1 is 1.22 bits per heavy atom. The van der Waals surface area contributed by atoms with Crippen molar-refractivity contribution in [2.75, 3.05) is 5.32 Å². The summed E-state index contributed by atoms with van der Waals surface area (Å²) in [6, 6.07) is 13.7. The number of carbonyl (C=O) groups is 1. The van der Waals surface area contributed by atoms with Crippen LogP contribution in [0.15, 0.2) is 42.5 Å². The van der Waals surface area contributed by atoms with Crippen molar-refractivity contribution in [3.05, 3.63) is 53.6 Å². The van der Waals surface area contributed by atoms with Crippen LogP contribution < -0.4 is 10.1 Å². The van der Waals surface area contributed by atoms with Crippen molar-refractivity contribution in [2.24, 2.45) is 0 Å². The molecule has 0 aliphatic heterocycles. The number of aryl methyl sites for hydroxylation is 2. The molecular weight excluding hydrogens is 308 g/mol. The minimum atomic E-state index is -0.593. The number of hydrogen-bond donors (Lipinski definition) is 1. The van der Waals surface area contributed by atoms with Gasteiger partial charge in [0.25, 0.3) is 5.91 Å². The van der Waals surface area contributed by atoms with Gasteiger partial charge in [-0.2, -0.15) is 0 Å². The summed E-state index contributed by atoms with van der Waals surface area (Å²) < 4.78 is 6.80. The van der Waals surface area contributed by atoms with Crippen LogP contribution >= 0.6 is 11.3 Å². The first-order chi connectivity index (χ1) is 11.0. The van der Waals surface area contributed by atoms with Gasteiger partial charge < -0.3 is 4.74 Å². The van der Waals surface area contributed by atoms with Crippen molar-refractivity contribution >= 4 is 32.6 Å². The second kappa shape index (κ2) is 6.38. The van der Waals surface area contributed by atoms with E-state index in [4.69, 9.17) is 4.74 Å².